The molecule has 0 aliphatic rings. The fourth-order valence-electron chi connectivity index (χ4n) is 1.34. The molecule has 12 nitrogen and oxygen atoms in total. The van der Waals surface area contributed by atoms with Gasteiger partial charge in [-0.15, -0.1) is 0 Å². The van der Waals surface area contributed by atoms with Crippen LogP contribution in [-0.2, 0) is 18.9 Å². The molecule has 4 N–H and O–H groups in total. The van der Waals surface area contributed by atoms with Crippen LogP contribution in [0.3, 0.4) is 0 Å². The SMILES string of the molecule is O=C(O)OCC(CCC(COC(=O)O)OC(=O)O)OC(=O)O. The molecule has 0 aromatic carbocycles. The Morgan fingerprint density at radius 1 is 0.636 bits per heavy atom. The molecule has 0 aromatic heterocycles. The second-order valence-corrected chi connectivity index (χ2v) is 3.74. The Kier molecular flexibility index (Phi) is 8.59. The maximum Gasteiger partial charge on any atom is 0.506 e. The van der Waals surface area contributed by atoms with Gasteiger partial charge in [0.1, 0.15) is 25.4 Å². The Morgan fingerprint density at radius 3 is 1.18 bits per heavy atom. The van der Waals surface area contributed by atoms with Gasteiger partial charge < -0.3 is 39.4 Å². The molecule has 2 atom stereocenters. The van der Waals surface area contributed by atoms with E-state index in [1.807, 2.05) is 0 Å². The van der Waals surface area contributed by atoms with Gasteiger partial charge in [0.25, 0.3) is 0 Å². The van der Waals surface area contributed by atoms with Crippen LogP contribution in [0.15, 0.2) is 0 Å². The molecule has 12 heteroatoms. The van der Waals surface area contributed by atoms with Crippen molar-refractivity contribution in [1.29, 1.82) is 0 Å². The minimum absolute atomic E-state index is 0.180. The molecule has 0 aliphatic heterocycles. The molecule has 0 aliphatic carbocycles. The topological polar surface area (TPSA) is 186 Å². The fourth-order valence-corrected chi connectivity index (χ4v) is 1.34. The van der Waals surface area contributed by atoms with Crippen molar-refractivity contribution in [2.24, 2.45) is 0 Å². The Labute approximate surface area is 122 Å². The predicted octanol–water partition coefficient (Wildman–Crippen LogP) is 1.28. The summed E-state index contributed by atoms with van der Waals surface area (Å²) in [6.07, 6.45) is -9.44. The molecule has 0 saturated heterocycles. The van der Waals surface area contributed by atoms with Gasteiger partial charge in [-0.25, -0.2) is 19.2 Å². The summed E-state index contributed by atoms with van der Waals surface area (Å²) in [6, 6.07) is 0. The van der Waals surface area contributed by atoms with Gasteiger partial charge in [0.2, 0.25) is 0 Å². The second kappa shape index (κ2) is 9.90. The average molecular weight is 326 g/mol. The summed E-state index contributed by atoms with van der Waals surface area (Å²) in [4.78, 5) is 41.4. The van der Waals surface area contributed by atoms with E-state index in [4.69, 9.17) is 20.4 Å². The molecule has 0 spiro atoms. The lowest BCUT2D eigenvalue weighted by atomic mass is 10.1. The summed E-state index contributed by atoms with van der Waals surface area (Å²) in [7, 11) is 0. The Bertz CT molecular complexity index is 367. The zero-order valence-corrected chi connectivity index (χ0v) is 11.0. The van der Waals surface area contributed by atoms with Crippen LogP contribution in [0.4, 0.5) is 19.2 Å². The molecular weight excluding hydrogens is 312 g/mol. The molecule has 0 bridgehead atoms. The van der Waals surface area contributed by atoms with Crippen molar-refractivity contribution in [3.63, 3.8) is 0 Å². The first-order valence-electron chi connectivity index (χ1n) is 5.71. The van der Waals surface area contributed by atoms with E-state index >= 15 is 0 Å². The van der Waals surface area contributed by atoms with Gasteiger partial charge in [-0.2, -0.15) is 0 Å². The lowest BCUT2D eigenvalue weighted by Gasteiger charge is -2.19. The molecule has 126 valence electrons. The van der Waals surface area contributed by atoms with Crippen LogP contribution in [-0.4, -0.2) is 70.5 Å². The second-order valence-electron chi connectivity index (χ2n) is 3.74. The summed E-state index contributed by atoms with van der Waals surface area (Å²) >= 11 is 0. The van der Waals surface area contributed by atoms with E-state index in [1.165, 1.54) is 0 Å². The molecule has 0 aromatic rings. The largest absolute Gasteiger partial charge is 0.506 e. The van der Waals surface area contributed by atoms with Gasteiger partial charge in [0.05, 0.1) is 0 Å². The maximum atomic E-state index is 10.4. The van der Waals surface area contributed by atoms with E-state index in [1.54, 1.807) is 0 Å². The van der Waals surface area contributed by atoms with Crippen molar-refractivity contribution < 1.29 is 58.6 Å². The Hall–Kier alpha value is -2.92. The zero-order valence-electron chi connectivity index (χ0n) is 11.0. The van der Waals surface area contributed by atoms with E-state index in [9.17, 15) is 19.2 Å². The van der Waals surface area contributed by atoms with Crippen molar-refractivity contribution in [2.45, 2.75) is 25.0 Å². The highest BCUT2D eigenvalue weighted by atomic mass is 16.7. The number of ether oxygens (including phenoxy) is 4. The van der Waals surface area contributed by atoms with Gasteiger partial charge in [0.15, 0.2) is 0 Å². The standard InChI is InChI=1S/C10H14O12/c11-7(12)19-3-5(21-9(15)16)1-2-6(22-10(17)18)4-20-8(13)14/h5-6H,1-4H2,(H,11,12)(H,13,14)(H,15,16)(H,17,18). The van der Waals surface area contributed by atoms with Gasteiger partial charge in [0, 0.05) is 0 Å². The Balaban J connectivity index is 4.49. The first-order chi connectivity index (χ1) is 10.2. The number of carboxylic acid groups (broad SMARTS) is 4. The lowest BCUT2D eigenvalue weighted by Crippen LogP contribution is -2.29. The lowest BCUT2D eigenvalue weighted by molar-refractivity contribution is -0.0204. The minimum Gasteiger partial charge on any atom is -0.450 e. The molecule has 22 heavy (non-hydrogen) atoms. The highest BCUT2D eigenvalue weighted by Gasteiger charge is 2.22. The van der Waals surface area contributed by atoms with Crippen LogP contribution in [0.1, 0.15) is 12.8 Å². The predicted molar refractivity (Wildman–Crippen MR) is 63.0 cm³/mol. The van der Waals surface area contributed by atoms with E-state index in [2.05, 4.69) is 18.9 Å². The highest BCUT2D eigenvalue weighted by Crippen LogP contribution is 2.11. The van der Waals surface area contributed by atoms with E-state index < -0.39 is 50.0 Å². The summed E-state index contributed by atoms with van der Waals surface area (Å²) in [5, 5.41) is 33.6. The third-order valence-corrected chi connectivity index (χ3v) is 2.13. The smallest absolute Gasteiger partial charge is 0.450 e. The van der Waals surface area contributed by atoms with Crippen LogP contribution in [0.2, 0.25) is 0 Å². The molecule has 0 fully saturated rings. The van der Waals surface area contributed by atoms with E-state index in [0.29, 0.717) is 0 Å². The molecule has 0 radical (unpaired) electrons. The molecule has 0 amide bonds. The maximum absolute atomic E-state index is 10.4. The molecule has 0 rings (SSSR count). The van der Waals surface area contributed by atoms with Crippen molar-refractivity contribution in [3.05, 3.63) is 0 Å². The van der Waals surface area contributed by atoms with Crippen LogP contribution in [0.25, 0.3) is 0 Å². The summed E-state index contributed by atoms with van der Waals surface area (Å²) in [6.45, 7) is -1.22. The highest BCUT2D eigenvalue weighted by molar-refractivity contribution is 5.58. The summed E-state index contributed by atoms with van der Waals surface area (Å²) in [5.41, 5.74) is 0. The fraction of sp³-hybridized carbons (Fsp3) is 0.600. The molecule has 0 heterocycles. The van der Waals surface area contributed by atoms with Crippen molar-refractivity contribution in [1.82, 2.24) is 0 Å². The van der Waals surface area contributed by atoms with Crippen LogP contribution in [0, 0.1) is 0 Å². The normalized spacial score (nSPS) is 12.5. The molecule has 2 unspecified atom stereocenters. The van der Waals surface area contributed by atoms with Gasteiger partial charge in [-0.3, -0.25) is 0 Å². The van der Waals surface area contributed by atoms with E-state index in [-0.39, 0.29) is 12.8 Å². The summed E-state index contributed by atoms with van der Waals surface area (Å²) < 4.78 is 17.0. The third-order valence-electron chi connectivity index (χ3n) is 2.13. The van der Waals surface area contributed by atoms with Gasteiger partial charge in [-0.05, 0) is 12.8 Å². The molecule has 0 saturated carbocycles. The van der Waals surface area contributed by atoms with Crippen LogP contribution in [0.5, 0.6) is 0 Å². The third kappa shape index (κ3) is 11.0. The zero-order chi connectivity index (χ0) is 17.1. The van der Waals surface area contributed by atoms with Crippen LogP contribution < -0.4 is 0 Å². The van der Waals surface area contributed by atoms with E-state index in [0.717, 1.165) is 0 Å². The minimum atomic E-state index is -1.68. The van der Waals surface area contributed by atoms with Crippen molar-refractivity contribution in [2.75, 3.05) is 13.2 Å². The van der Waals surface area contributed by atoms with Crippen molar-refractivity contribution >= 4 is 24.6 Å². The van der Waals surface area contributed by atoms with Crippen LogP contribution >= 0.6 is 0 Å². The monoisotopic (exact) mass is 326 g/mol. The van der Waals surface area contributed by atoms with Crippen molar-refractivity contribution in [3.8, 4) is 0 Å². The van der Waals surface area contributed by atoms with Gasteiger partial charge in [-0.1, -0.05) is 0 Å². The first-order valence-corrected chi connectivity index (χ1v) is 5.71. The number of rotatable bonds is 9. The molecular formula is C10H14O12. The number of hydrogen-bond acceptors (Lipinski definition) is 8. The first kappa shape index (κ1) is 19.1. The quantitative estimate of drug-likeness (QED) is 0.351. The Morgan fingerprint density at radius 2 is 0.955 bits per heavy atom. The average Bonchev–Trinajstić information content (AvgIpc) is 2.37. The number of carbonyl (C=O) groups is 4. The van der Waals surface area contributed by atoms with Gasteiger partial charge >= 0.3 is 24.6 Å². The number of hydrogen-bond donors (Lipinski definition) is 4. The summed E-state index contributed by atoms with van der Waals surface area (Å²) in [5.74, 6) is 0.